The van der Waals surface area contributed by atoms with Crippen LogP contribution < -0.4 is 10.6 Å². The molecule has 5 nitrogen and oxygen atoms in total. The standard InChI is InChI=1S/C33H27F3N4O/c34-33(35,36)26-10-6-9-25(19-26)31(41)40-32(17-18-37-21-32)20-22-13-15-24(16-14-22)30-29(23-7-2-1-3-8-23)38-27-11-4-5-12-28(27)39-30/h1-16,19,37H,17-18,20-21H2,(H,40,41)/t32-/m0/s1. The van der Waals surface area contributed by atoms with Crippen molar-refractivity contribution in [3.63, 3.8) is 0 Å². The van der Waals surface area contributed by atoms with Crippen LogP contribution in [0.3, 0.4) is 0 Å². The third-order valence-electron chi connectivity index (χ3n) is 7.46. The second-order valence-electron chi connectivity index (χ2n) is 10.4. The van der Waals surface area contributed by atoms with Crippen LogP contribution >= 0.6 is 0 Å². The Labute approximate surface area is 235 Å². The van der Waals surface area contributed by atoms with Gasteiger partial charge in [-0.25, -0.2) is 9.97 Å². The summed E-state index contributed by atoms with van der Waals surface area (Å²) in [5.74, 6) is -0.518. The highest BCUT2D eigenvalue weighted by atomic mass is 19.4. The van der Waals surface area contributed by atoms with Crippen LogP contribution in [0.5, 0.6) is 0 Å². The van der Waals surface area contributed by atoms with Gasteiger partial charge in [0.05, 0.1) is 33.5 Å². The van der Waals surface area contributed by atoms with Crippen LogP contribution in [-0.2, 0) is 12.6 Å². The van der Waals surface area contributed by atoms with Crippen molar-refractivity contribution in [2.24, 2.45) is 0 Å². The summed E-state index contributed by atoms with van der Waals surface area (Å²) in [6, 6.07) is 30.3. The van der Waals surface area contributed by atoms with E-state index >= 15 is 0 Å². The first-order valence-electron chi connectivity index (χ1n) is 13.4. The topological polar surface area (TPSA) is 66.9 Å². The number of hydrogen-bond acceptors (Lipinski definition) is 4. The van der Waals surface area contributed by atoms with Gasteiger partial charge in [0.15, 0.2) is 0 Å². The number of para-hydroxylation sites is 2. The van der Waals surface area contributed by atoms with Gasteiger partial charge >= 0.3 is 6.18 Å². The predicted molar refractivity (Wildman–Crippen MR) is 153 cm³/mol. The molecule has 0 unspecified atom stereocenters. The van der Waals surface area contributed by atoms with E-state index in [1.165, 1.54) is 12.1 Å². The van der Waals surface area contributed by atoms with Crippen molar-refractivity contribution in [1.82, 2.24) is 20.6 Å². The highest BCUT2D eigenvalue weighted by Gasteiger charge is 2.36. The molecule has 1 fully saturated rings. The molecule has 1 amide bonds. The van der Waals surface area contributed by atoms with Crippen molar-refractivity contribution in [2.45, 2.75) is 24.6 Å². The number of alkyl halides is 3. The Bertz CT molecular complexity index is 1700. The molecule has 5 aromatic rings. The average Bonchev–Trinajstić information content (AvgIpc) is 3.44. The fourth-order valence-corrected chi connectivity index (χ4v) is 5.37. The molecule has 0 radical (unpaired) electrons. The zero-order valence-electron chi connectivity index (χ0n) is 22.1. The molecule has 0 spiro atoms. The van der Waals surface area contributed by atoms with Gasteiger partial charge in [-0.15, -0.1) is 0 Å². The second kappa shape index (κ2) is 10.8. The first-order valence-corrected chi connectivity index (χ1v) is 13.4. The molecule has 1 aliphatic rings. The molecule has 1 saturated heterocycles. The van der Waals surface area contributed by atoms with E-state index in [-0.39, 0.29) is 5.56 Å². The summed E-state index contributed by atoms with van der Waals surface area (Å²) in [6.07, 6.45) is -3.33. The highest BCUT2D eigenvalue weighted by molar-refractivity contribution is 5.95. The summed E-state index contributed by atoms with van der Waals surface area (Å²) in [5.41, 5.74) is 4.60. The van der Waals surface area contributed by atoms with E-state index in [4.69, 9.17) is 9.97 Å². The minimum Gasteiger partial charge on any atom is -0.345 e. The molecule has 2 heterocycles. The number of hydrogen-bond donors (Lipinski definition) is 2. The van der Waals surface area contributed by atoms with Crippen LogP contribution in [0.1, 0.15) is 27.9 Å². The summed E-state index contributed by atoms with van der Waals surface area (Å²) in [6.45, 7) is 1.22. The van der Waals surface area contributed by atoms with Gasteiger partial charge in [0.1, 0.15) is 0 Å². The lowest BCUT2D eigenvalue weighted by Gasteiger charge is -2.30. The zero-order chi connectivity index (χ0) is 28.5. The van der Waals surface area contributed by atoms with Crippen LogP contribution in [0, 0.1) is 0 Å². The summed E-state index contributed by atoms with van der Waals surface area (Å²) in [5, 5.41) is 6.33. The Morgan fingerprint density at radius 2 is 1.44 bits per heavy atom. The number of benzene rings is 4. The van der Waals surface area contributed by atoms with Gasteiger partial charge in [0, 0.05) is 23.2 Å². The number of amides is 1. The van der Waals surface area contributed by atoms with Crippen molar-refractivity contribution in [1.29, 1.82) is 0 Å². The van der Waals surface area contributed by atoms with Crippen LogP contribution in [0.25, 0.3) is 33.5 Å². The van der Waals surface area contributed by atoms with E-state index < -0.39 is 23.2 Å². The molecule has 0 aliphatic carbocycles. The maximum absolute atomic E-state index is 13.2. The number of rotatable bonds is 6. The Morgan fingerprint density at radius 3 is 2.05 bits per heavy atom. The maximum atomic E-state index is 13.2. The number of nitrogens with one attached hydrogen (secondary N) is 2. The Balaban J connectivity index is 1.28. The van der Waals surface area contributed by atoms with Gasteiger partial charge in [-0.2, -0.15) is 13.2 Å². The SMILES string of the molecule is O=C(N[C@]1(Cc2ccc(-c3nc4ccccc4nc3-c3ccccc3)cc2)CCNC1)c1cccc(C(F)(F)F)c1. The number of carbonyl (C=O) groups is 1. The summed E-state index contributed by atoms with van der Waals surface area (Å²) in [4.78, 5) is 23.0. The largest absolute Gasteiger partial charge is 0.416 e. The Morgan fingerprint density at radius 1 is 0.805 bits per heavy atom. The van der Waals surface area contributed by atoms with E-state index in [0.29, 0.717) is 25.9 Å². The Hall–Kier alpha value is -4.56. The van der Waals surface area contributed by atoms with Crippen molar-refractivity contribution >= 4 is 16.9 Å². The molecule has 41 heavy (non-hydrogen) atoms. The van der Waals surface area contributed by atoms with Gasteiger partial charge in [0.25, 0.3) is 5.91 Å². The molecule has 8 heteroatoms. The van der Waals surface area contributed by atoms with Gasteiger partial charge in [0.2, 0.25) is 0 Å². The smallest absolute Gasteiger partial charge is 0.345 e. The minimum atomic E-state index is -4.51. The minimum absolute atomic E-state index is 0.00947. The van der Waals surface area contributed by atoms with Crippen LogP contribution in [0.4, 0.5) is 13.2 Å². The van der Waals surface area contributed by atoms with Crippen molar-refractivity contribution < 1.29 is 18.0 Å². The molecule has 0 bridgehead atoms. The van der Waals surface area contributed by atoms with Crippen LogP contribution in [0.15, 0.2) is 103 Å². The number of aromatic nitrogens is 2. The Kier molecular flexibility index (Phi) is 7.01. The maximum Gasteiger partial charge on any atom is 0.416 e. The third-order valence-corrected chi connectivity index (χ3v) is 7.46. The molecule has 0 saturated carbocycles. The zero-order valence-corrected chi connectivity index (χ0v) is 22.1. The lowest BCUT2D eigenvalue weighted by atomic mass is 9.88. The van der Waals surface area contributed by atoms with Crippen molar-refractivity contribution in [3.05, 3.63) is 120 Å². The fourth-order valence-electron chi connectivity index (χ4n) is 5.37. The van der Waals surface area contributed by atoms with Gasteiger partial charge in [-0.05, 0) is 55.3 Å². The van der Waals surface area contributed by atoms with E-state index in [1.54, 1.807) is 0 Å². The van der Waals surface area contributed by atoms with Gasteiger partial charge in [-0.1, -0.05) is 72.8 Å². The number of nitrogens with zero attached hydrogens (tertiary/aromatic N) is 2. The fraction of sp³-hybridized carbons (Fsp3) is 0.182. The van der Waals surface area contributed by atoms with E-state index in [0.717, 1.165) is 51.2 Å². The first kappa shape index (κ1) is 26.7. The van der Waals surface area contributed by atoms with Crippen LogP contribution in [-0.4, -0.2) is 34.5 Å². The monoisotopic (exact) mass is 552 g/mol. The van der Waals surface area contributed by atoms with Crippen LogP contribution in [0.2, 0.25) is 0 Å². The molecule has 1 aromatic heterocycles. The summed E-state index contributed by atoms with van der Waals surface area (Å²) in [7, 11) is 0. The second-order valence-corrected chi connectivity index (χ2v) is 10.4. The van der Waals surface area contributed by atoms with E-state index in [2.05, 4.69) is 10.6 Å². The molecule has 6 rings (SSSR count). The third kappa shape index (κ3) is 5.69. The molecular weight excluding hydrogens is 525 g/mol. The van der Waals surface area contributed by atoms with E-state index in [9.17, 15) is 18.0 Å². The average molecular weight is 553 g/mol. The lowest BCUT2D eigenvalue weighted by Crippen LogP contribution is -2.51. The lowest BCUT2D eigenvalue weighted by molar-refractivity contribution is -0.137. The summed E-state index contributed by atoms with van der Waals surface area (Å²) >= 11 is 0. The molecule has 206 valence electrons. The molecule has 1 aliphatic heterocycles. The summed E-state index contributed by atoms with van der Waals surface area (Å²) < 4.78 is 39.6. The number of fused-ring (bicyclic) bond motifs is 1. The predicted octanol–water partition coefficient (Wildman–Crippen LogP) is 6.69. The van der Waals surface area contributed by atoms with E-state index in [1.807, 2.05) is 78.9 Å². The van der Waals surface area contributed by atoms with Gasteiger partial charge < -0.3 is 10.6 Å². The molecule has 2 N–H and O–H groups in total. The highest BCUT2D eigenvalue weighted by Crippen LogP contribution is 2.32. The molecule has 1 atom stereocenters. The van der Waals surface area contributed by atoms with Crippen molar-refractivity contribution in [3.8, 4) is 22.5 Å². The van der Waals surface area contributed by atoms with Gasteiger partial charge in [-0.3, -0.25) is 4.79 Å². The van der Waals surface area contributed by atoms with Crippen molar-refractivity contribution in [2.75, 3.05) is 13.1 Å². The quantitative estimate of drug-likeness (QED) is 0.246. The molecular formula is C33H27F3N4O. The first-order chi connectivity index (χ1) is 19.8. The normalized spacial score (nSPS) is 17.0. The number of halogens is 3. The number of carbonyl (C=O) groups excluding carboxylic acids is 1. The molecule has 4 aromatic carbocycles.